The summed E-state index contributed by atoms with van der Waals surface area (Å²) in [5.74, 6) is 0.549. The highest BCUT2D eigenvalue weighted by molar-refractivity contribution is 9.10. The number of ether oxygens (including phenoxy) is 1. The molecule has 0 bridgehead atoms. The minimum absolute atomic E-state index is 0.00916. The van der Waals surface area contributed by atoms with Gasteiger partial charge < -0.3 is 4.74 Å². The van der Waals surface area contributed by atoms with Crippen LogP contribution >= 0.6 is 39.0 Å². The van der Waals surface area contributed by atoms with Crippen LogP contribution in [0.2, 0.25) is 0 Å². The van der Waals surface area contributed by atoms with Crippen LogP contribution in [0.25, 0.3) is 15.9 Å². The molecule has 1 aliphatic heterocycles. The smallest absolute Gasteiger partial charge is 0.267 e. The Hall–Kier alpha value is -2.26. The van der Waals surface area contributed by atoms with Gasteiger partial charge in [-0.25, -0.2) is 4.98 Å². The van der Waals surface area contributed by atoms with Gasteiger partial charge in [0.15, 0.2) is 10.9 Å². The Morgan fingerprint density at radius 2 is 1.94 bits per heavy atom. The molecule has 8 heteroatoms. The van der Waals surface area contributed by atoms with Crippen LogP contribution in [0.1, 0.15) is 34.6 Å². The minimum atomic E-state index is -0.0864. The maximum absolute atomic E-state index is 13.9. The number of halogens is 1. The summed E-state index contributed by atoms with van der Waals surface area (Å²) in [6, 6.07) is 16.8. The summed E-state index contributed by atoms with van der Waals surface area (Å²) in [5, 5.41) is 1.20. The van der Waals surface area contributed by atoms with E-state index in [1.807, 2.05) is 42.5 Å². The summed E-state index contributed by atoms with van der Waals surface area (Å²) in [7, 11) is 0. The Labute approximate surface area is 214 Å². The fraction of sp³-hybridized carbons (Fsp3) is 0.269. The zero-order valence-electron chi connectivity index (χ0n) is 18.8. The second-order valence-electron chi connectivity index (χ2n) is 8.57. The van der Waals surface area contributed by atoms with E-state index in [2.05, 4.69) is 29.8 Å². The van der Waals surface area contributed by atoms with Crippen molar-refractivity contribution in [2.75, 3.05) is 5.75 Å². The highest BCUT2D eigenvalue weighted by Crippen LogP contribution is 2.36. The molecule has 1 aliphatic rings. The van der Waals surface area contributed by atoms with Crippen LogP contribution in [0.4, 0.5) is 0 Å². The van der Waals surface area contributed by atoms with E-state index < -0.39 is 0 Å². The molecule has 0 saturated heterocycles. The van der Waals surface area contributed by atoms with E-state index >= 15 is 0 Å². The summed E-state index contributed by atoms with van der Waals surface area (Å²) in [5.41, 5.74) is 2.35. The molecule has 5 rings (SSSR count). The number of carbonyl (C=O) groups excluding carboxylic acids is 1. The number of hydrogen-bond acceptors (Lipinski definition) is 6. The Balaban J connectivity index is 1.58. The molecule has 0 amide bonds. The van der Waals surface area contributed by atoms with E-state index in [0.29, 0.717) is 39.9 Å². The average Bonchev–Trinajstić information content (AvgIpc) is 3.21. The summed E-state index contributed by atoms with van der Waals surface area (Å²) in [6.07, 6.45) is 0.806. The largest absolute Gasteiger partial charge is 0.372 e. The number of aromatic nitrogens is 2. The van der Waals surface area contributed by atoms with Crippen LogP contribution in [0, 0.1) is 5.92 Å². The van der Waals surface area contributed by atoms with Crippen LogP contribution < -0.4 is 5.56 Å². The molecule has 2 aromatic heterocycles. The first-order chi connectivity index (χ1) is 16.4. The Morgan fingerprint density at radius 3 is 2.65 bits per heavy atom. The van der Waals surface area contributed by atoms with Gasteiger partial charge in [0.1, 0.15) is 4.83 Å². The number of rotatable bonds is 6. The zero-order chi connectivity index (χ0) is 23.8. The molecule has 0 fully saturated rings. The molecule has 0 saturated carbocycles. The number of hydrogen-bond donors (Lipinski definition) is 0. The molecule has 34 heavy (non-hydrogen) atoms. The third kappa shape index (κ3) is 4.52. The minimum Gasteiger partial charge on any atom is -0.372 e. The second-order valence-corrected chi connectivity index (χ2v) is 11.5. The number of ketones is 1. The number of benzene rings is 2. The summed E-state index contributed by atoms with van der Waals surface area (Å²) < 4.78 is 8.61. The Bertz CT molecular complexity index is 1410. The van der Waals surface area contributed by atoms with Crippen LogP contribution in [-0.4, -0.2) is 27.2 Å². The molecular weight excluding hydrogens is 532 g/mol. The first kappa shape index (κ1) is 23.5. The van der Waals surface area contributed by atoms with E-state index in [-0.39, 0.29) is 23.2 Å². The highest BCUT2D eigenvalue weighted by Gasteiger charge is 2.29. The van der Waals surface area contributed by atoms with Crippen LogP contribution in [0.5, 0.6) is 0 Å². The van der Waals surface area contributed by atoms with Gasteiger partial charge in [-0.15, -0.1) is 11.3 Å². The number of fused-ring (bicyclic) bond motifs is 3. The quantitative estimate of drug-likeness (QED) is 0.159. The van der Waals surface area contributed by atoms with Gasteiger partial charge in [-0.1, -0.05) is 71.9 Å². The number of Topliss-reactive ketones (excluding diaryl/α,β-unsaturated/α-hetero) is 1. The molecule has 0 unspecified atom stereocenters. The number of nitrogens with zero attached hydrogens (tertiary/aromatic N) is 2. The molecule has 3 heterocycles. The van der Waals surface area contributed by atoms with Gasteiger partial charge >= 0.3 is 0 Å². The van der Waals surface area contributed by atoms with Crippen molar-refractivity contribution in [1.29, 1.82) is 0 Å². The summed E-state index contributed by atoms with van der Waals surface area (Å²) >= 11 is 6.22. The van der Waals surface area contributed by atoms with Crippen LogP contribution in [0.3, 0.4) is 0 Å². The number of carbonyl (C=O) groups is 1. The normalized spacial score (nSPS) is 15.6. The van der Waals surface area contributed by atoms with Gasteiger partial charge in [0.05, 0.1) is 29.5 Å². The Morgan fingerprint density at radius 1 is 1.21 bits per heavy atom. The lowest BCUT2D eigenvalue weighted by atomic mass is 9.96. The van der Waals surface area contributed by atoms with Crippen molar-refractivity contribution in [2.24, 2.45) is 5.92 Å². The van der Waals surface area contributed by atoms with Gasteiger partial charge in [-0.05, 0) is 35.7 Å². The molecule has 0 N–H and O–H groups in total. The topological polar surface area (TPSA) is 61.2 Å². The SMILES string of the molecule is CC(C)[C@@H]1Cc2c(sc3nc(SCC(=O)c4ccc(Br)cc4)n(-c4ccccc4)c(=O)c23)CO1. The van der Waals surface area contributed by atoms with Crippen molar-refractivity contribution in [3.8, 4) is 5.69 Å². The van der Waals surface area contributed by atoms with Crippen molar-refractivity contribution < 1.29 is 9.53 Å². The lowest BCUT2D eigenvalue weighted by Crippen LogP contribution is -2.28. The molecule has 5 nitrogen and oxygen atoms in total. The maximum atomic E-state index is 13.9. The predicted molar refractivity (Wildman–Crippen MR) is 142 cm³/mol. The third-order valence-corrected chi connectivity index (χ3v) is 8.53. The van der Waals surface area contributed by atoms with Gasteiger partial charge in [0, 0.05) is 21.3 Å². The monoisotopic (exact) mass is 554 g/mol. The molecule has 2 aromatic carbocycles. The third-order valence-electron chi connectivity index (χ3n) is 5.97. The second kappa shape index (κ2) is 9.77. The molecule has 1 atom stereocenters. The first-order valence-electron chi connectivity index (χ1n) is 11.1. The van der Waals surface area contributed by atoms with Crippen molar-refractivity contribution in [3.63, 3.8) is 0 Å². The van der Waals surface area contributed by atoms with Crippen molar-refractivity contribution in [2.45, 2.75) is 38.1 Å². The number of thioether (sulfide) groups is 1. The van der Waals surface area contributed by atoms with Gasteiger partial charge in [0.2, 0.25) is 0 Å². The van der Waals surface area contributed by atoms with Crippen molar-refractivity contribution in [1.82, 2.24) is 9.55 Å². The van der Waals surface area contributed by atoms with E-state index in [9.17, 15) is 9.59 Å². The number of thiophene rings is 1. The average molecular weight is 556 g/mol. The predicted octanol–water partition coefficient (Wildman–Crippen LogP) is 6.28. The molecular formula is C26H23BrN2O3S2. The maximum Gasteiger partial charge on any atom is 0.267 e. The molecule has 4 aromatic rings. The van der Waals surface area contributed by atoms with Gasteiger partial charge in [-0.2, -0.15) is 0 Å². The molecule has 0 aliphatic carbocycles. The zero-order valence-corrected chi connectivity index (χ0v) is 22.0. The van der Waals surface area contributed by atoms with E-state index in [1.165, 1.54) is 23.1 Å². The van der Waals surface area contributed by atoms with Crippen LogP contribution in [-0.2, 0) is 17.8 Å². The lowest BCUT2D eigenvalue weighted by Gasteiger charge is -2.26. The van der Waals surface area contributed by atoms with E-state index in [0.717, 1.165) is 20.6 Å². The Kier molecular flexibility index (Phi) is 6.75. The summed E-state index contributed by atoms with van der Waals surface area (Å²) in [6.45, 7) is 4.79. The standard InChI is InChI=1S/C26H23BrN2O3S2/c1-15(2)21-12-19-22(13-32-21)34-24-23(19)25(31)29(18-6-4-3-5-7-18)26(28-24)33-14-20(30)16-8-10-17(27)11-9-16/h3-11,15,21H,12-14H2,1-2H3/t21-/m0/s1. The van der Waals surface area contributed by atoms with Crippen molar-refractivity contribution >= 4 is 55.0 Å². The van der Waals surface area contributed by atoms with Crippen molar-refractivity contribution in [3.05, 3.63) is 85.4 Å². The lowest BCUT2D eigenvalue weighted by molar-refractivity contribution is 0.00200. The molecule has 0 radical (unpaired) electrons. The fourth-order valence-corrected chi connectivity index (χ4v) is 6.42. The number of para-hydroxylation sites is 1. The van der Waals surface area contributed by atoms with E-state index in [4.69, 9.17) is 9.72 Å². The van der Waals surface area contributed by atoms with Gasteiger partial charge in [0.25, 0.3) is 5.56 Å². The first-order valence-corrected chi connectivity index (χ1v) is 13.7. The van der Waals surface area contributed by atoms with E-state index in [1.54, 1.807) is 16.7 Å². The highest BCUT2D eigenvalue weighted by atomic mass is 79.9. The fourth-order valence-electron chi connectivity index (χ4n) is 4.09. The molecule has 174 valence electrons. The molecule has 0 spiro atoms. The van der Waals surface area contributed by atoms with Crippen LogP contribution in [0.15, 0.2) is 69.0 Å². The summed E-state index contributed by atoms with van der Waals surface area (Å²) in [4.78, 5) is 33.4. The van der Waals surface area contributed by atoms with Gasteiger partial charge in [-0.3, -0.25) is 14.2 Å².